The van der Waals surface area contributed by atoms with Crippen molar-refractivity contribution in [3.63, 3.8) is 0 Å². The number of likely N-dealkylation sites (tertiary alicyclic amines) is 1. The summed E-state index contributed by atoms with van der Waals surface area (Å²) in [4.78, 5) is 17.9. The lowest BCUT2D eigenvalue weighted by Gasteiger charge is -2.50. The van der Waals surface area contributed by atoms with E-state index in [0.717, 1.165) is 18.8 Å². The Morgan fingerprint density at radius 1 is 1.55 bits per heavy atom. The Kier molecular flexibility index (Phi) is 4.59. The van der Waals surface area contributed by atoms with Crippen LogP contribution >= 0.6 is 0 Å². The quantitative estimate of drug-likeness (QED) is 0.788. The van der Waals surface area contributed by atoms with E-state index in [1.165, 1.54) is 0 Å². The van der Waals surface area contributed by atoms with Crippen LogP contribution in [-0.4, -0.2) is 61.4 Å². The predicted octanol–water partition coefficient (Wildman–Crippen LogP) is 1.11. The van der Waals surface area contributed by atoms with Crippen LogP contribution in [0, 0.1) is 5.92 Å². The van der Waals surface area contributed by atoms with Gasteiger partial charge in [-0.05, 0) is 18.6 Å². The van der Waals surface area contributed by atoms with Crippen molar-refractivity contribution in [1.82, 2.24) is 9.88 Å². The smallest absolute Gasteiger partial charge is 0.225 e. The maximum absolute atomic E-state index is 12.0. The molecule has 1 atom stereocenters. The van der Waals surface area contributed by atoms with Crippen molar-refractivity contribution in [2.75, 3.05) is 40.0 Å². The summed E-state index contributed by atoms with van der Waals surface area (Å²) in [5.41, 5.74) is -0.217. The molecule has 1 aromatic rings. The molecule has 6 nitrogen and oxygen atoms in total. The van der Waals surface area contributed by atoms with E-state index < -0.39 is 0 Å². The second-order valence-electron chi connectivity index (χ2n) is 5.89. The topological polar surface area (TPSA) is 60.9 Å². The van der Waals surface area contributed by atoms with Crippen molar-refractivity contribution in [2.45, 2.75) is 18.4 Å². The fourth-order valence-electron chi connectivity index (χ4n) is 3.12. The van der Waals surface area contributed by atoms with Gasteiger partial charge in [0.2, 0.25) is 5.91 Å². The lowest BCUT2D eigenvalue weighted by molar-refractivity contribution is -0.167. The molecule has 0 bridgehead atoms. The van der Waals surface area contributed by atoms with E-state index in [0.29, 0.717) is 38.6 Å². The SMILES string of the molecule is COCCC(=O)N1CC2(C1)OCCC2COc1cccnc1. The van der Waals surface area contributed by atoms with Crippen molar-refractivity contribution in [3.8, 4) is 5.75 Å². The van der Waals surface area contributed by atoms with Crippen LogP contribution in [0.2, 0.25) is 0 Å². The van der Waals surface area contributed by atoms with Crippen molar-refractivity contribution in [3.05, 3.63) is 24.5 Å². The molecule has 22 heavy (non-hydrogen) atoms. The summed E-state index contributed by atoms with van der Waals surface area (Å²) in [5.74, 6) is 1.23. The first-order valence-corrected chi connectivity index (χ1v) is 7.67. The molecule has 2 aliphatic heterocycles. The van der Waals surface area contributed by atoms with Gasteiger partial charge in [-0.25, -0.2) is 0 Å². The van der Waals surface area contributed by atoms with Crippen LogP contribution in [0.5, 0.6) is 5.75 Å². The fraction of sp³-hybridized carbons (Fsp3) is 0.625. The summed E-state index contributed by atoms with van der Waals surface area (Å²) >= 11 is 0. The first kappa shape index (κ1) is 15.2. The summed E-state index contributed by atoms with van der Waals surface area (Å²) in [7, 11) is 1.61. The van der Waals surface area contributed by atoms with Gasteiger partial charge in [0, 0.05) is 25.8 Å². The minimum Gasteiger partial charge on any atom is -0.492 e. The third-order valence-electron chi connectivity index (χ3n) is 4.48. The minimum absolute atomic E-state index is 0.134. The third-order valence-corrected chi connectivity index (χ3v) is 4.48. The molecule has 1 spiro atoms. The average Bonchev–Trinajstić information content (AvgIpc) is 2.94. The van der Waals surface area contributed by atoms with E-state index in [1.807, 2.05) is 17.0 Å². The number of rotatable bonds is 6. The molecule has 2 aliphatic rings. The number of carbonyl (C=O) groups is 1. The van der Waals surface area contributed by atoms with Crippen LogP contribution in [0.3, 0.4) is 0 Å². The monoisotopic (exact) mass is 306 g/mol. The molecule has 6 heteroatoms. The zero-order valence-corrected chi connectivity index (χ0v) is 12.9. The fourth-order valence-corrected chi connectivity index (χ4v) is 3.12. The van der Waals surface area contributed by atoms with Crippen LogP contribution in [0.15, 0.2) is 24.5 Å². The maximum Gasteiger partial charge on any atom is 0.225 e. The number of pyridine rings is 1. The Hall–Kier alpha value is -1.66. The molecule has 1 aromatic heterocycles. The van der Waals surface area contributed by atoms with Crippen molar-refractivity contribution >= 4 is 5.91 Å². The van der Waals surface area contributed by atoms with Gasteiger partial charge < -0.3 is 19.1 Å². The summed E-state index contributed by atoms with van der Waals surface area (Å²) in [5, 5.41) is 0. The van der Waals surface area contributed by atoms with Crippen LogP contribution in [-0.2, 0) is 14.3 Å². The molecule has 2 saturated heterocycles. The molecule has 1 amide bonds. The zero-order chi connectivity index (χ0) is 15.4. The van der Waals surface area contributed by atoms with Gasteiger partial charge in [-0.1, -0.05) is 0 Å². The number of aromatic nitrogens is 1. The highest BCUT2D eigenvalue weighted by atomic mass is 16.5. The minimum atomic E-state index is -0.217. The number of hydrogen-bond acceptors (Lipinski definition) is 5. The normalized spacial score (nSPS) is 22.6. The molecule has 0 N–H and O–H groups in total. The van der Waals surface area contributed by atoms with E-state index >= 15 is 0 Å². The van der Waals surface area contributed by atoms with E-state index in [4.69, 9.17) is 14.2 Å². The Morgan fingerprint density at radius 3 is 3.14 bits per heavy atom. The summed E-state index contributed by atoms with van der Waals surface area (Å²) in [6.07, 6.45) is 4.84. The van der Waals surface area contributed by atoms with Gasteiger partial charge in [-0.15, -0.1) is 0 Å². The number of hydrogen-bond donors (Lipinski definition) is 0. The molecular formula is C16H22N2O4. The molecular weight excluding hydrogens is 284 g/mol. The molecule has 120 valence electrons. The molecule has 3 rings (SSSR count). The van der Waals surface area contributed by atoms with Gasteiger partial charge in [0.15, 0.2) is 0 Å². The maximum atomic E-state index is 12.0. The number of carbonyl (C=O) groups excluding carboxylic acids is 1. The largest absolute Gasteiger partial charge is 0.492 e. The highest BCUT2D eigenvalue weighted by molar-refractivity contribution is 5.77. The Bertz CT molecular complexity index is 502. The first-order valence-electron chi connectivity index (χ1n) is 7.67. The molecule has 0 saturated carbocycles. The number of amides is 1. The number of nitrogens with zero attached hydrogens (tertiary/aromatic N) is 2. The van der Waals surface area contributed by atoms with Gasteiger partial charge >= 0.3 is 0 Å². The van der Waals surface area contributed by atoms with Crippen LogP contribution < -0.4 is 4.74 Å². The lowest BCUT2D eigenvalue weighted by Crippen LogP contribution is -2.66. The molecule has 3 heterocycles. The first-order chi connectivity index (χ1) is 10.7. The van der Waals surface area contributed by atoms with Gasteiger partial charge in [-0.2, -0.15) is 0 Å². The summed E-state index contributed by atoms with van der Waals surface area (Å²) < 4.78 is 16.7. The molecule has 0 radical (unpaired) electrons. The Balaban J connectivity index is 1.51. The molecule has 2 fully saturated rings. The average molecular weight is 306 g/mol. The Labute approximate surface area is 130 Å². The third kappa shape index (κ3) is 3.08. The Morgan fingerprint density at radius 2 is 2.41 bits per heavy atom. The number of ether oxygens (including phenoxy) is 3. The van der Waals surface area contributed by atoms with Gasteiger partial charge in [0.05, 0.1) is 38.9 Å². The van der Waals surface area contributed by atoms with Crippen LogP contribution in [0.4, 0.5) is 0 Å². The molecule has 1 unspecified atom stereocenters. The van der Waals surface area contributed by atoms with Crippen LogP contribution in [0.1, 0.15) is 12.8 Å². The van der Waals surface area contributed by atoms with Gasteiger partial charge in [-0.3, -0.25) is 9.78 Å². The molecule has 0 aliphatic carbocycles. The standard InChI is InChI=1S/C16H22N2O4/c1-20-7-5-15(19)18-11-16(12-18)13(4-8-22-16)10-21-14-3-2-6-17-9-14/h2-3,6,9,13H,4-5,7-8,10-12H2,1H3. The predicted molar refractivity (Wildman–Crippen MR) is 79.6 cm³/mol. The van der Waals surface area contributed by atoms with E-state index in [-0.39, 0.29) is 11.5 Å². The van der Waals surface area contributed by atoms with Crippen LogP contribution in [0.25, 0.3) is 0 Å². The highest BCUT2D eigenvalue weighted by Gasteiger charge is 2.54. The second kappa shape index (κ2) is 6.62. The second-order valence-corrected chi connectivity index (χ2v) is 5.89. The summed E-state index contributed by atoms with van der Waals surface area (Å²) in [6.45, 7) is 3.14. The van der Waals surface area contributed by atoms with Crippen molar-refractivity contribution in [1.29, 1.82) is 0 Å². The van der Waals surface area contributed by atoms with E-state index in [1.54, 1.807) is 19.5 Å². The summed E-state index contributed by atoms with van der Waals surface area (Å²) in [6, 6.07) is 3.76. The van der Waals surface area contributed by atoms with E-state index in [9.17, 15) is 4.79 Å². The molecule has 0 aromatic carbocycles. The van der Waals surface area contributed by atoms with E-state index in [2.05, 4.69) is 4.98 Å². The lowest BCUT2D eigenvalue weighted by atomic mass is 9.81. The van der Waals surface area contributed by atoms with Gasteiger partial charge in [0.25, 0.3) is 0 Å². The van der Waals surface area contributed by atoms with Gasteiger partial charge in [0.1, 0.15) is 11.4 Å². The van der Waals surface area contributed by atoms with Crippen molar-refractivity contribution < 1.29 is 19.0 Å². The van der Waals surface area contributed by atoms with Crippen molar-refractivity contribution in [2.24, 2.45) is 5.92 Å². The highest BCUT2D eigenvalue weighted by Crippen LogP contribution is 2.40. The number of methoxy groups -OCH3 is 1. The zero-order valence-electron chi connectivity index (χ0n) is 12.9.